The first kappa shape index (κ1) is 11.1. The van der Waals surface area contributed by atoms with Crippen LogP contribution in [0.25, 0.3) is 17.0 Å². The minimum atomic E-state index is 0.642. The molecule has 5 nitrogen and oxygen atoms in total. The van der Waals surface area contributed by atoms with E-state index in [1.807, 2.05) is 32.0 Å². The van der Waals surface area contributed by atoms with Gasteiger partial charge in [-0.1, -0.05) is 11.6 Å². The molecular weight excluding hydrogens is 250 g/mol. The Hall–Kier alpha value is -2.01. The van der Waals surface area contributed by atoms with Gasteiger partial charge in [0.2, 0.25) is 5.95 Å². The zero-order valence-electron chi connectivity index (χ0n) is 10.0. The van der Waals surface area contributed by atoms with E-state index in [1.165, 1.54) is 0 Å². The molecule has 18 heavy (non-hydrogen) atoms. The number of H-pyrrole nitrogens is 1. The van der Waals surface area contributed by atoms with E-state index in [4.69, 9.17) is 17.3 Å². The lowest BCUT2D eigenvalue weighted by molar-refractivity contribution is 0.790. The van der Waals surface area contributed by atoms with Crippen LogP contribution in [0.3, 0.4) is 0 Å². The van der Waals surface area contributed by atoms with Gasteiger partial charge in [-0.2, -0.15) is 5.10 Å². The Kier molecular flexibility index (Phi) is 2.31. The fraction of sp³-hybridized carbons (Fsp3) is 0.167. The molecule has 0 aliphatic carbocycles. The molecular formula is C12H12ClN5. The molecule has 92 valence electrons. The van der Waals surface area contributed by atoms with E-state index < -0.39 is 0 Å². The molecule has 3 aromatic rings. The Morgan fingerprint density at radius 1 is 1.33 bits per heavy atom. The van der Waals surface area contributed by atoms with Crippen molar-refractivity contribution in [3.05, 3.63) is 34.6 Å². The molecule has 0 unspecified atom stereocenters. The summed E-state index contributed by atoms with van der Waals surface area (Å²) in [5.41, 5.74) is 9.82. The van der Waals surface area contributed by atoms with Crippen LogP contribution in [0.5, 0.6) is 0 Å². The largest absolute Gasteiger partial charge is 0.399 e. The van der Waals surface area contributed by atoms with Crippen LogP contribution in [0.4, 0.5) is 5.69 Å². The lowest BCUT2D eigenvalue weighted by Crippen LogP contribution is -2.01. The Morgan fingerprint density at radius 2 is 2.11 bits per heavy atom. The summed E-state index contributed by atoms with van der Waals surface area (Å²) in [5.74, 6) is 0.642. The van der Waals surface area contributed by atoms with Crippen molar-refractivity contribution in [2.45, 2.75) is 13.8 Å². The summed E-state index contributed by atoms with van der Waals surface area (Å²) in [6, 6.07) is 5.54. The van der Waals surface area contributed by atoms with E-state index in [0.29, 0.717) is 16.7 Å². The van der Waals surface area contributed by atoms with E-state index in [0.717, 1.165) is 22.4 Å². The summed E-state index contributed by atoms with van der Waals surface area (Å²) in [5, 5.41) is 5.02. The number of rotatable bonds is 1. The standard InChI is InChI=1S/C12H12ClN5/c1-6-11(13)7(2)18(17-6)12-15-9-4-3-8(14)5-10(9)16-12/h3-5H,14H2,1-2H3,(H,15,16). The van der Waals surface area contributed by atoms with Gasteiger partial charge in [-0.15, -0.1) is 0 Å². The smallest absolute Gasteiger partial charge is 0.229 e. The van der Waals surface area contributed by atoms with Gasteiger partial charge in [0.1, 0.15) is 0 Å². The van der Waals surface area contributed by atoms with Crippen LogP contribution in [-0.2, 0) is 0 Å². The molecule has 2 heterocycles. The first-order valence-electron chi connectivity index (χ1n) is 5.53. The summed E-state index contributed by atoms with van der Waals surface area (Å²) in [6.07, 6.45) is 0. The first-order valence-corrected chi connectivity index (χ1v) is 5.91. The van der Waals surface area contributed by atoms with E-state index in [1.54, 1.807) is 4.68 Å². The Bertz CT molecular complexity index is 740. The maximum absolute atomic E-state index is 6.13. The van der Waals surface area contributed by atoms with E-state index in [9.17, 15) is 0 Å². The minimum absolute atomic E-state index is 0.642. The van der Waals surface area contributed by atoms with Gasteiger partial charge in [0.05, 0.1) is 27.4 Å². The number of aromatic amines is 1. The van der Waals surface area contributed by atoms with Crippen LogP contribution in [0, 0.1) is 13.8 Å². The third-order valence-electron chi connectivity index (χ3n) is 2.90. The fourth-order valence-corrected chi connectivity index (χ4v) is 2.06. The molecule has 0 aliphatic heterocycles. The Morgan fingerprint density at radius 3 is 2.78 bits per heavy atom. The number of nitrogens with zero attached hydrogens (tertiary/aromatic N) is 3. The quantitative estimate of drug-likeness (QED) is 0.662. The van der Waals surface area contributed by atoms with E-state index >= 15 is 0 Å². The molecule has 0 amide bonds. The van der Waals surface area contributed by atoms with Crippen molar-refractivity contribution < 1.29 is 0 Å². The molecule has 0 atom stereocenters. The van der Waals surface area contributed by atoms with Crippen molar-refractivity contribution in [3.63, 3.8) is 0 Å². The second-order valence-electron chi connectivity index (χ2n) is 4.23. The van der Waals surface area contributed by atoms with Crippen molar-refractivity contribution in [2.24, 2.45) is 0 Å². The van der Waals surface area contributed by atoms with Crippen molar-refractivity contribution >= 4 is 28.3 Å². The van der Waals surface area contributed by atoms with E-state index in [2.05, 4.69) is 15.1 Å². The number of anilines is 1. The molecule has 3 N–H and O–H groups in total. The highest BCUT2D eigenvalue weighted by molar-refractivity contribution is 6.31. The second kappa shape index (κ2) is 3.74. The van der Waals surface area contributed by atoms with Crippen LogP contribution in [0.1, 0.15) is 11.4 Å². The van der Waals surface area contributed by atoms with Crippen LogP contribution < -0.4 is 5.73 Å². The van der Waals surface area contributed by atoms with Crippen LogP contribution in [-0.4, -0.2) is 19.7 Å². The number of fused-ring (bicyclic) bond motifs is 1. The van der Waals surface area contributed by atoms with Crippen LogP contribution >= 0.6 is 11.6 Å². The molecule has 0 radical (unpaired) electrons. The minimum Gasteiger partial charge on any atom is -0.399 e. The molecule has 3 rings (SSSR count). The molecule has 0 saturated heterocycles. The summed E-state index contributed by atoms with van der Waals surface area (Å²) in [6.45, 7) is 3.77. The third-order valence-corrected chi connectivity index (χ3v) is 3.44. The van der Waals surface area contributed by atoms with Gasteiger partial charge in [-0.25, -0.2) is 9.67 Å². The SMILES string of the molecule is Cc1nn(-c2nc3ccc(N)cc3[nH]2)c(C)c1Cl. The summed E-state index contributed by atoms with van der Waals surface area (Å²) >= 11 is 6.13. The van der Waals surface area contributed by atoms with Gasteiger partial charge in [0.25, 0.3) is 0 Å². The van der Waals surface area contributed by atoms with Gasteiger partial charge in [0, 0.05) is 5.69 Å². The predicted molar refractivity (Wildman–Crippen MR) is 72.1 cm³/mol. The highest BCUT2D eigenvalue weighted by Crippen LogP contribution is 2.23. The number of imidazole rings is 1. The normalized spacial score (nSPS) is 11.3. The number of benzene rings is 1. The second-order valence-corrected chi connectivity index (χ2v) is 4.61. The lowest BCUT2D eigenvalue weighted by atomic mass is 10.3. The van der Waals surface area contributed by atoms with Gasteiger partial charge >= 0.3 is 0 Å². The first-order chi connectivity index (χ1) is 8.56. The highest BCUT2D eigenvalue weighted by atomic mass is 35.5. The summed E-state index contributed by atoms with van der Waals surface area (Å²) in [4.78, 5) is 7.65. The van der Waals surface area contributed by atoms with Crippen molar-refractivity contribution in [2.75, 3.05) is 5.73 Å². The van der Waals surface area contributed by atoms with Gasteiger partial charge < -0.3 is 10.7 Å². The topological polar surface area (TPSA) is 72.5 Å². The van der Waals surface area contributed by atoms with Gasteiger partial charge in [-0.3, -0.25) is 0 Å². The molecule has 0 spiro atoms. The highest BCUT2D eigenvalue weighted by Gasteiger charge is 2.13. The number of aromatic nitrogens is 4. The average Bonchev–Trinajstić information content (AvgIpc) is 2.85. The Labute approximate surface area is 109 Å². The lowest BCUT2D eigenvalue weighted by Gasteiger charge is -1.97. The Balaban J connectivity index is 2.22. The number of aryl methyl sites for hydroxylation is 1. The zero-order chi connectivity index (χ0) is 12.9. The van der Waals surface area contributed by atoms with E-state index in [-0.39, 0.29) is 0 Å². The molecule has 0 fully saturated rings. The molecule has 2 aromatic heterocycles. The van der Waals surface area contributed by atoms with Crippen LogP contribution in [0.15, 0.2) is 18.2 Å². The maximum atomic E-state index is 6.13. The number of hydrogen-bond acceptors (Lipinski definition) is 3. The predicted octanol–water partition coefficient (Wildman–Crippen LogP) is 2.60. The molecule has 0 aliphatic rings. The van der Waals surface area contributed by atoms with Crippen LogP contribution in [0.2, 0.25) is 5.02 Å². The molecule has 1 aromatic carbocycles. The summed E-state index contributed by atoms with van der Waals surface area (Å²) in [7, 11) is 0. The molecule has 0 bridgehead atoms. The zero-order valence-corrected chi connectivity index (χ0v) is 10.8. The number of nitrogens with one attached hydrogen (secondary N) is 1. The van der Waals surface area contributed by atoms with Crippen molar-refractivity contribution in [1.29, 1.82) is 0 Å². The monoisotopic (exact) mass is 261 g/mol. The van der Waals surface area contributed by atoms with Crippen molar-refractivity contribution in [3.8, 4) is 5.95 Å². The average molecular weight is 262 g/mol. The number of nitrogen functional groups attached to an aromatic ring is 1. The maximum Gasteiger partial charge on any atom is 0.229 e. The number of hydrogen-bond donors (Lipinski definition) is 2. The van der Waals surface area contributed by atoms with Crippen molar-refractivity contribution in [1.82, 2.24) is 19.7 Å². The molecule has 0 saturated carbocycles. The van der Waals surface area contributed by atoms with Gasteiger partial charge in [0.15, 0.2) is 0 Å². The third kappa shape index (κ3) is 1.55. The molecule has 6 heteroatoms. The summed E-state index contributed by atoms with van der Waals surface area (Å²) < 4.78 is 1.70. The van der Waals surface area contributed by atoms with Gasteiger partial charge in [-0.05, 0) is 32.0 Å². The number of nitrogens with two attached hydrogens (primary N) is 1. The number of halogens is 1. The fourth-order valence-electron chi connectivity index (χ4n) is 1.94.